The third kappa shape index (κ3) is 3.49. The van der Waals surface area contributed by atoms with Crippen molar-refractivity contribution in [3.63, 3.8) is 0 Å². The van der Waals surface area contributed by atoms with E-state index in [-0.39, 0.29) is 17.3 Å². The fraction of sp³-hybridized carbons (Fsp3) is 0.280. The summed E-state index contributed by atoms with van der Waals surface area (Å²) in [6.45, 7) is 0. The van der Waals surface area contributed by atoms with Crippen LogP contribution in [-0.2, 0) is 9.59 Å². The molecule has 3 aromatic rings. The van der Waals surface area contributed by atoms with Crippen LogP contribution in [0.15, 0.2) is 71.2 Å². The third-order valence-electron chi connectivity index (χ3n) is 6.40. The number of rotatable bonds is 4. The molecular weight excluding hydrogens is 406 g/mol. The van der Waals surface area contributed by atoms with Crippen LogP contribution >= 0.6 is 0 Å². The van der Waals surface area contributed by atoms with Crippen molar-refractivity contribution in [3.8, 4) is 11.3 Å². The molecule has 32 heavy (non-hydrogen) atoms. The van der Waals surface area contributed by atoms with Gasteiger partial charge in [0.2, 0.25) is 0 Å². The van der Waals surface area contributed by atoms with Gasteiger partial charge in [-0.05, 0) is 43.0 Å². The fourth-order valence-corrected chi connectivity index (χ4v) is 4.85. The van der Waals surface area contributed by atoms with Gasteiger partial charge in [-0.2, -0.15) is 0 Å². The fourth-order valence-electron chi connectivity index (χ4n) is 4.85. The smallest absolute Gasteiger partial charge is 0.299 e. The van der Waals surface area contributed by atoms with Gasteiger partial charge in [-0.15, -0.1) is 0 Å². The van der Waals surface area contributed by atoms with E-state index in [2.05, 4.69) is 10.1 Å². The predicted octanol–water partition coefficient (Wildman–Crippen LogP) is 4.57. The number of amides is 1. The van der Waals surface area contributed by atoms with Gasteiger partial charge in [0.05, 0.1) is 11.6 Å². The molecule has 1 unspecified atom stereocenters. The Morgan fingerprint density at radius 3 is 2.47 bits per heavy atom. The van der Waals surface area contributed by atoms with Crippen LogP contribution in [0, 0.1) is 5.92 Å². The summed E-state index contributed by atoms with van der Waals surface area (Å²) in [4.78, 5) is 32.0. The molecule has 1 N–H and O–H groups in total. The Morgan fingerprint density at radius 1 is 1.03 bits per heavy atom. The zero-order chi connectivity index (χ0) is 22.1. The lowest BCUT2D eigenvalue weighted by atomic mass is 9.80. The lowest BCUT2D eigenvalue weighted by Gasteiger charge is -2.34. The van der Waals surface area contributed by atoms with E-state index in [1.165, 1.54) is 12.5 Å². The van der Waals surface area contributed by atoms with Crippen molar-refractivity contribution in [1.82, 2.24) is 10.1 Å². The first kappa shape index (κ1) is 20.2. The number of nitrogens with zero attached hydrogens (tertiary/aromatic N) is 3. The van der Waals surface area contributed by atoms with Crippen LogP contribution in [0.2, 0.25) is 0 Å². The summed E-state index contributed by atoms with van der Waals surface area (Å²) >= 11 is 0. The Bertz CT molecular complexity index is 1150. The first-order valence-electron chi connectivity index (χ1n) is 10.9. The maximum atomic E-state index is 13.2. The maximum absolute atomic E-state index is 13.2. The number of aliphatic hydroxyl groups is 1. The molecule has 1 aliphatic heterocycles. The summed E-state index contributed by atoms with van der Waals surface area (Å²) in [5, 5.41) is 15.0. The van der Waals surface area contributed by atoms with Gasteiger partial charge in [-0.25, -0.2) is 0 Å². The van der Waals surface area contributed by atoms with Gasteiger partial charge in [-0.1, -0.05) is 36.6 Å². The highest BCUT2D eigenvalue weighted by atomic mass is 16.5. The number of hydrogen-bond donors (Lipinski definition) is 1. The number of Topliss-reactive ketones (excluding diaryl/α,β-unsaturated/α-hetero) is 1. The molecule has 1 saturated carbocycles. The minimum atomic E-state index is -0.650. The number of anilines is 1. The van der Waals surface area contributed by atoms with E-state index >= 15 is 0 Å². The molecule has 7 nitrogen and oxygen atoms in total. The second-order valence-corrected chi connectivity index (χ2v) is 8.28. The molecule has 3 heterocycles. The lowest BCUT2D eigenvalue weighted by molar-refractivity contribution is -0.132. The topological polar surface area (TPSA) is 96.5 Å². The van der Waals surface area contributed by atoms with Crippen molar-refractivity contribution in [2.24, 2.45) is 5.92 Å². The zero-order valence-corrected chi connectivity index (χ0v) is 17.5. The Balaban J connectivity index is 1.59. The van der Waals surface area contributed by atoms with E-state index in [4.69, 9.17) is 4.52 Å². The van der Waals surface area contributed by atoms with Crippen molar-refractivity contribution in [2.75, 3.05) is 4.90 Å². The van der Waals surface area contributed by atoms with Crippen LogP contribution in [0.3, 0.4) is 0 Å². The second kappa shape index (κ2) is 8.42. The van der Waals surface area contributed by atoms with E-state index in [1.54, 1.807) is 29.3 Å². The molecule has 2 fully saturated rings. The van der Waals surface area contributed by atoms with Crippen molar-refractivity contribution in [3.05, 3.63) is 72.3 Å². The number of pyridine rings is 1. The molecule has 1 amide bonds. The standard InChI is InChI=1S/C25H23N3O4/c29-23(18-7-4-13-26-15-18)21-22(17-5-2-1-3-6-17)28(25(31)24(21)30)19-10-8-16(9-11-19)20-12-14-32-27-20/h4,7-15,17,22,29H,1-3,5-6H2/b23-21-. The number of carbonyl (C=O) groups excluding carboxylic acids is 2. The number of benzene rings is 1. The van der Waals surface area contributed by atoms with E-state index < -0.39 is 17.7 Å². The first-order chi connectivity index (χ1) is 15.6. The highest BCUT2D eigenvalue weighted by Gasteiger charge is 2.49. The van der Waals surface area contributed by atoms with Gasteiger partial charge in [0.25, 0.3) is 11.7 Å². The van der Waals surface area contributed by atoms with Crippen LogP contribution in [0.25, 0.3) is 17.0 Å². The van der Waals surface area contributed by atoms with Crippen molar-refractivity contribution in [1.29, 1.82) is 0 Å². The second-order valence-electron chi connectivity index (χ2n) is 8.28. The van der Waals surface area contributed by atoms with Crippen molar-refractivity contribution >= 4 is 23.1 Å². The predicted molar refractivity (Wildman–Crippen MR) is 119 cm³/mol. The summed E-state index contributed by atoms with van der Waals surface area (Å²) in [6, 6.07) is 12.0. The lowest BCUT2D eigenvalue weighted by Crippen LogP contribution is -2.40. The number of carbonyl (C=O) groups is 2. The molecule has 5 rings (SSSR count). The van der Waals surface area contributed by atoms with Crippen molar-refractivity contribution < 1.29 is 19.2 Å². The van der Waals surface area contributed by atoms with Gasteiger partial charge >= 0.3 is 0 Å². The molecule has 1 atom stereocenters. The first-order valence-corrected chi connectivity index (χ1v) is 10.9. The molecule has 7 heteroatoms. The normalized spacial score (nSPS) is 21.2. The SMILES string of the molecule is O=C1C(=O)N(c2ccc(-c3ccon3)cc2)C(C2CCCCC2)/C1=C(/O)c1cccnc1. The quantitative estimate of drug-likeness (QED) is 0.371. The highest BCUT2D eigenvalue weighted by Crippen LogP contribution is 2.41. The number of ketones is 1. The molecule has 1 aliphatic carbocycles. The van der Waals surface area contributed by atoms with E-state index in [0.29, 0.717) is 16.9 Å². The summed E-state index contributed by atoms with van der Waals surface area (Å²) in [5.74, 6) is -1.32. The van der Waals surface area contributed by atoms with Gasteiger partial charge < -0.3 is 9.63 Å². The average molecular weight is 429 g/mol. The van der Waals surface area contributed by atoms with E-state index in [1.807, 2.05) is 24.3 Å². The molecule has 2 aliphatic rings. The number of aromatic nitrogens is 2. The minimum Gasteiger partial charge on any atom is -0.507 e. The Kier molecular flexibility index (Phi) is 5.31. The molecule has 2 aromatic heterocycles. The Labute approximate surface area is 185 Å². The van der Waals surface area contributed by atoms with Crippen LogP contribution < -0.4 is 4.90 Å². The Hall–Kier alpha value is -3.74. The largest absolute Gasteiger partial charge is 0.507 e. The Morgan fingerprint density at radius 2 is 1.81 bits per heavy atom. The molecule has 162 valence electrons. The minimum absolute atomic E-state index is 0.100. The van der Waals surface area contributed by atoms with Crippen LogP contribution in [0.1, 0.15) is 37.7 Å². The van der Waals surface area contributed by atoms with Crippen LogP contribution in [-0.4, -0.2) is 33.0 Å². The van der Waals surface area contributed by atoms with Gasteiger partial charge in [0.1, 0.15) is 17.7 Å². The van der Waals surface area contributed by atoms with E-state index in [0.717, 1.165) is 37.7 Å². The summed E-state index contributed by atoms with van der Waals surface area (Å²) in [7, 11) is 0. The number of hydrogen-bond acceptors (Lipinski definition) is 6. The molecule has 1 aromatic carbocycles. The van der Waals surface area contributed by atoms with Crippen LogP contribution in [0.5, 0.6) is 0 Å². The summed E-state index contributed by atoms with van der Waals surface area (Å²) in [5.41, 5.74) is 2.78. The van der Waals surface area contributed by atoms with E-state index in [9.17, 15) is 14.7 Å². The molecule has 0 radical (unpaired) electrons. The van der Waals surface area contributed by atoms with Gasteiger partial charge in [0.15, 0.2) is 0 Å². The molecular formula is C25H23N3O4. The van der Waals surface area contributed by atoms with Crippen LogP contribution in [0.4, 0.5) is 5.69 Å². The molecule has 1 saturated heterocycles. The number of aliphatic hydroxyl groups excluding tert-OH is 1. The monoisotopic (exact) mass is 429 g/mol. The van der Waals surface area contributed by atoms with Crippen molar-refractivity contribution in [2.45, 2.75) is 38.1 Å². The maximum Gasteiger partial charge on any atom is 0.299 e. The van der Waals surface area contributed by atoms with Gasteiger partial charge in [-0.3, -0.25) is 19.5 Å². The molecule has 0 bridgehead atoms. The third-order valence-corrected chi connectivity index (χ3v) is 6.40. The average Bonchev–Trinajstić information content (AvgIpc) is 3.47. The summed E-state index contributed by atoms with van der Waals surface area (Å²) in [6.07, 6.45) is 9.66. The zero-order valence-electron chi connectivity index (χ0n) is 17.5. The highest BCUT2D eigenvalue weighted by molar-refractivity contribution is 6.51. The van der Waals surface area contributed by atoms with Gasteiger partial charge in [0, 0.05) is 35.3 Å². The molecule has 0 spiro atoms. The summed E-state index contributed by atoms with van der Waals surface area (Å²) < 4.78 is 4.91.